The number of carboxylic acid groups (broad SMARTS) is 1. The molecule has 0 bridgehead atoms. The summed E-state index contributed by atoms with van der Waals surface area (Å²) in [6.45, 7) is 0. The molecule has 0 spiro atoms. The second-order valence-electron chi connectivity index (χ2n) is 6.99. The van der Waals surface area contributed by atoms with Crippen LogP contribution in [0.3, 0.4) is 0 Å². The van der Waals surface area contributed by atoms with Crippen LogP contribution in [0, 0.1) is 5.92 Å². The SMILES string of the molecule is O=C(O)C1CC2CCCCC2N1C(=O)c1ccnc(C2CC2)n1. The van der Waals surface area contributed by atoms with Gasteiger partial charge in [0, 0.05) is 18.2 Å². The highest BCUT2D eigenvalue weighted by atomic mass is 16.4. The summed E-state index contributed by atoms with van der Waals surface area (Å²) in [5, 5.41) is 9.55. The van der Waals surface area contributed by atoms with Gasteiger partial charge >= 0.3 is 5.97 Å². The van der Waals surface area contributed by atoms with Crippen LogP contribution in [0.2, 0.25) is 0 Å². The zero-order chi connectivity index (χ0) is 16.0. The van der Waals surface area contributed by atoms with Crippen LogP contribution in [-0.4, -0.2) is 43.9 Å². The summed E-state index contributed by atoms with van der Waals surface area (Å²) >= 11 is 0. The van der Waals surface area contributed by atoms with Crippen molar-refractivity contribution < 1.29 is 14.7 Å². The number of hydrogen-bond acceptors (Lipinski definition) is 4. The summed E-state index contributed by atoms with van der Waals surface area (Å²) in [5.41, 5.74) is 0.347. The topological polar surface area (TPSA) is 83.4 Å². The number of fused-ring (bicyclic) bond motifs is 1. The number of hydrogen-bond donors (Lipinski definition) is 1. The summed E-state index contributed by atoms with van der Waals surface area (Å²) in [6.07, 6.45) is 8.47. The molecule has 1 amide bonds. The minimum Gasteiger partial charge on any atom is -0.480 e. The first-order valence-electron chi connectivity index (χ1n) is 8.53. The average molecular weight is 315 g/mol. The molecule has 1 N–H and O–H groups in total. The Morgan fingerprint density at radius 3 is 2.70 bits per heavy atom. The molecule has 2 saturated carbocycles. The second-order valence-corrected chi connectivity index (χ2v) is 6.99. The molecule has 3 atom stereocenters. The van der Waals surface area contributed by atoms with Crippen LogP contribution < -0.4 is 0 Å². The lowest BCUT2D eigenvalue weighted by Gasteiger charge is -2.32. The van der Waals surface area contributed by atoms with Gasteiger partial charge in [-0.05, 0) is 44.1 Å². The zero-order valence-corrected chi connectivity index (χ0v) is 13.0. The molecule has 3 fully saturated rings. The number of carbonyl (C=O) groups excluding carboxylic acids is 1. The predicted molar refractivity (Wildman–Crippen MR) is 82.0 cm³/mol. The van der Waals surface area contributed by atoms with Crippen molar-refractivity contribution in [1.82, 2.24) is 14.9 Å². The minimum atomic E-state index is -0.899. The molecule has 23 heavy (non-hydrogen) atoms. The predicted octanol–water partition coefficient (Wildman–Crippen LogP) is 2.21. The quantitative estimate of drug-likeness (QED) is 0.924. The fourth-order valence-electron chi connectivity index (χ4n) is 4.14. The van der Waals surface area contributed by atoms with Gasteiger partial charge in [0.05, 0.1) is 0 Å². The van der Waals surface area contributed by atoms with Gasteiger partial charge in [0.25, 0.3) is 5.91 Å². The van der Waals surface area contributed by atoms with Gasteiger partial charge in [-0.1, -0.05) is 12.8 Å². The third-order valence-electron chi connectivity index (χ3n) is 5.44. The lowest BCUT2D eigenvalue weighted by Crippen LogP contribution is -2.46. The van der Waals surface area contributed by atoms with Crippen molar-refractivity contribution in [3.05, 3.63) is 23.8 Å². The van der Waals surface area contributed by atoms with Crippen LogP contribution in [0.25, 0.3) is 0 Å². The number of aromatic nitrogens is 2. The molecule has 6 nitrogen and oxygen atoms in total. The van der Waals surface area contributed by atoms with Crippen molar-refractivity contribution >= 4 is 11.9 Å². The Kier molecular flexibility index (Phi) is 3.54. The van der Waals surface area contributed by atoms with E-state index < -0.39 is 12.0 Å². The summed E-state index contributed by atoms with van der Waals surface area (Å²) in [4.78, 5) is 34.9. The highest BCUT2D eigenvalue weighted by Crippen LogP contribution is 2.41. The van der Waals surface area contributed by atoms with Gasteiger partial charge in [-0.2, -0.15) is 0 Å². The largest absolute Gasteiger partial charge is 0.480 e. The zero-order valence-electron chi connectivity index (χ0n) is 13.0. The van der Waals surface area contributed by atoms with Crippen molar-refractivity contribution in [2.24, 2.45) is 5.92 Å². The fourth-order valence-corrected chi connectivity index (χ4v) is 4.14. The summed E-state index contributed by atoms with van der Waals surface area (Å²) in [6, 6.07) is 0.954. The van der Waals surface area contributed by atoms with E-state index in [-0.39, 0.29) is 11.9 Å². The highest BCUT2D eigenvalue weighted by molar-refractivity contribution is 5.95. The summed E-state index contributed by atoms with van der Waals surface area (Å²) < 4.78 is 0. The number of aliphatic carboxylic acids is 1. The lowest BCUT2D eigenvalue weighted by molar-refractivity contribution is -0.141. The lowest BCUT2D eigenvalue weighted by atomic mass is 9.84. The van der Waals surface area contributed by atoms with E-state index in [1.54, 1.807) is 17.2 Å². The average Bonchev–Trinajstić information content (AvgIpc) is 3.34. The van der Waals surface area contributed by atoms with Crippen LogP contribution >= 0.6 is 0 Å². The molecular formula is C17H21N3O3. The van der Waals surface area contributed by atoms with Gasteiger partial charge in [-0.25, -0.2) is 14.8 Å². The van der Waals surface area contributed by atoms with E-state index in [1.165, 1.54) is 0 Å². The molecule has 1 aromatic rings. The number of rotatable bonds is 3. The first-order chi connectivity index (χ1) is 11.1. The first kappa shape index (κ1) is 14.6. The van der Waals surface area contributed by atoms with E-state index in [2.05, 4.69) is 9.97 Å². The number of carbonyl (C=O) groups is 2. The van der Waals surface area contributed by atoms with Crippen molar-refractivity contribution in [1.29, 1.82) is 0 Å². The minimum absolute atomic E-state index is 0.0525. The normalized spacial score (nSPS) is 30.1. The summed E-state index contributed by atoms with van der Waals surface area (Å²) in [5.74, 6) is 0.278. The van der Waals surface area contributed by atoms with Crippen LogP contribution in [0.15, 0.2) is 12.3 Å². The maximum absolute atomic E-state index is 13.0. The van der Waals surface area contributed by atoms with Crippen LogP contribution in [0.4, 0.5) is 0 Å². The van der Waals surface area contributed by atoms with Crippen molar-refractivity contribution in [3.8, 4) is 0 Å². The molecule has 2 heterocycles. The van der Waals surface area contributed by atoms with Crippen molar-refractivity contribution in [2.75, 3.05) is 0 Å². The van der Waals surface area contributed by atoms with E-state index in [0.29, 0.717) is 24.0 Å². The number of amides is 1. The maximum atomic E-state index is 13.0. The van der Waals surface area contributed by atoms with Gasteiger partial charge in [0.15, 0.2) is 0 Å². The molecule has 3 aliphatic rings. The van der Waals surface area contributed by atoms with Crippen LogP contribution in [0.5, 0.6) is 0 Å². The van der Waals surface area contributed by atoms with Gasteiger partial charge in [-0.15, -0.1) is 0 Å². The molecule has 0 aromatic carbocycles. The fraction of sp³-hybridized carbons (Fsp3) is 0.647. The number of nitrogens with zero attached hydrogens (tertiary/aromatic N) is 3. The Morgan fingerprint density at radius 2 is 1.96 bits per heavy atom. The molecule has 3 unspecified atom stereocenters. The Balaban J connectivity index is 1.64. The van der Waals surface area contributed by atoms with Crippen LogP contribution in [-0.2, 0) is 4.79 Å². The van der Waals surface area contributed by atoms with Gasteiger partial charge in [0.1, 0.15) is 17.6 Å². The smallest absolute Gasteiger partial charge is 0.326 e. The monoisotopic (exact) mass is 315 g/mol. The van der Waals surface area contributed by atoms with Crippen LogP contribution in [0.1, 0.15) is 67.2 Å². The Morgan fingerprint density at radius 1 is 1.17 bits per heavy atom. The van der Waals surface area contributed by atoms with E-state index in [1.807, 2.05) is 0 Å². The van der Waals surface area contributed by atoms with Crippen molar-refractivity contribution in [3.63, 3.8) is 0 Å². The van der Waals surface area contributed by atoms with E-state index in [0.717, 1.165) is 44.3 Å². The van der Waals surface area contributed by atoms with E-state index in [9.17, 15) is 14.7 Å². The van der Waals surface area contributed by atoms with Gasteiger partial charge < -0.3 is 10.0 Å². The maximum Gasteiger partial charge on any atom is 0.326 e. The number of carboxylic acids is 1. The molecule has 1 aromatic heterocycles. The molecule has 1 aliphatic heterocycles. The third-order valence-corrected chi connectivity index (χ3v) is 5.44. The van der Waals surface area contributed by atoms with E-state index in [4.69, 9.17) is 0 Å². The Bertz CT molecular complexity index is 644. The molecule has 4 rings (SSSR count). The molecule has 6 heteroatoms. The third kappa shape index (κ3) is 2.60. The van der Waals surface area contributed by atoms with Gasteiger partial charge in [0.2, 0.25) is 0 Å². The second kappa shape index (κ2) is 5.58. The first-order valence-corrected chi connectivity index (χ1v) is 8.53. The van der Waals surface area contributed by atoms with E-state index >= 15 is 0 Å². The Labute approximate surface area is 134 Å². The standard InChI is InChI=1S/C17H21N3O3/c21-16(12-7-8-18-15(19-12)10-5-6-10)20-13-4-2-1-3-11(13)9-14(20)17(22)23/h7-8,10-11,13-14H,1-6,9H2,(H,22,23). The molecule has 122 valence electrons. The molecular weight excluding hydrogens is 294 g/mol. The van der Waals surface area contributed by atoms with Crippen molar-refractivity contribution in [2.45, 2.75) is 62.9 Å². The summed E-state index contributed by atoms with van der Waals surface area (Å²) in [7, 11) is 0. The number of likely N-dealkylation sites (tertiary alicyclic amines) is 1. The Hall–Kier alpha value is -1.98. The molecule has 1 saturated heterocycles. The molecule has 2 aliphatic carbocycles. The highest BCUT2D eigenvalue weighted by Gasteiger charge is 2.48. The molecule has 0 radical (unpaired) electrons. The van der Waals surface area contributed by atoms with Gasteiger partial charge in [-0.3, -0.25) is 4.79 Å².